The zero-order valence-electron chi connectivity index (χ0n) is 13.9. The van der Waals surface area contributed by atoms with Gasteiger partial charge < -0.3 is 10.3 Å². The van der Waals surface area contributed by atoms with Crippen LogP contribution in [-0.4, -0.2) is 34.1 Å². The van der Waals surface area contributed by atoms with Crippen molar-refractivity contribution in [3.05, 3.63) is 48.4 Å². The number of fused-ring (bicyclic) bond motifs is 1. The van der Waals surface area contributed by atoms with E-state index in [1.54, 1.807) is 25.1 Å². The lowest BCUT2D eigenvalue weighted by atomic mass is 10.1. The topological polar surface area (TPSA) is 81.8 Å². The standard InChI is InChI=1S/C18H17F2N5O/c1-9-15(20)16(25-24-9)18(26)22-13-6-11-7-14(23-17(11)21-8-13)10-2-4-12(19)5-3-10/h2-9,15-16,24-25H,1H3,(H,21,23)(H,22,26). The Hall–Kier alpha value is -2.84. The van der Waals surface area contributed by atoms with Crippen LogP contribution in [0, 0.1) is 5.82 Å². The molecule has 0 saturated carbocycles. The minimum atomic E-state index is -1.32. The van der Waals surface area contributed by atoms with Crippen molar-refractivity contribution in [1.29, 1.82) is 0 Å². The third kappa shape index (κ3) is 3.04. The van der Waals surface area contributed by atoms with Crippen molar-refractivity contribution >= 4 is 22.6 Å². The molecule has 1 fully saturated rings. The van der Waals surface area contributed by atoms with Crippen LogP contribution in [0.5, 0.6) is 0 Å². The smallest absolute Gasteiger partial charge is 0.245 e. The van der Waals surface area contributed by atoms with Crippen LogP contribution in [0.4, 0.5) is 14.5 Å². The number of nitrogens with zero attached hydrogens (tertiary/aromatic N) is 1. The summed E-state index contributed by atoms with van der Waals surface area (Å²) in [5.41, 5.74) is 8.08. The summed E-state index contributed by atoms with van der Waals surface area (Å²) in [6, 6.07) is 8.33. The lowest BCUT2D eigenvalue weighted by Crippen LogP contribution is -2.42. The predicted octanol–water partition coefficient (Wildman–Crippen LogP) is 2.51. The molecule has 3 heterocycles. The molecule has 3 aromatic rings. The van der Waals surface area contributed by atoms with E-state index in [9.17, 15) is 13.6 Å². The van der Waals surface area contributed by atoms with E-state index in [4.69, 9.17) is 0 Å². The van der Waals surface area contributed by atoms with Gasteiger partial charge in [-0.15, -0.1) is 0 Å². The monoisotopic (exact) mass is 357 g/mol. The number of aromatic amines is 1. The molecule has 0 spiro atoms. The van der Waals surface area contributed by atoms with Crippen molar-refractivity contribution in [3.8, 4) is 11.3 Å². The van der Waals surface area contributed by atoms with E-state index in [0.29, 0.717) is 11.3 Å². The summed E-state index contributed by atoms with van der Waals surface area (Å²) >= 11 is 0. The molecule has 1 aliphatic rings. The van der Waals surface area contributed by atoms with Crippen LogP contribution in [0.1, 0.15) is 6.92 Å². The molecular formula is C18H17F2N5O. The van der Waals surface area contributed by atoms with E-state index in [2.05, 4.69) is 26.1 Å². The molecule has 3 atom stereocenters. The van der Waals surface area contributed by atoms with Crippen molar-refractivity contribution in [2.75, 3.05) is 5.32 Å². The van der Waals surface area contributed by atoms with Gasteiger partial charge in [0.25, 0.3) is 0 Å². The van der Waals surface area contributed by atoms with Gasteiger partial charge in [-0.05, 0) is 48.9 Å². The fraction of sp³-hybridized carbons (Fsp3) is 0.222. The zero-order chi connectivity index (χ0) is 18.3. The SMILES string of the molecule is CC1NNC(C(=O)Nc2cnc3[nH]c(-c4ccc(F)cc4)cc3c2)C1F. The van der Waals surface area contributed by atoms with Crippen LogP contribution in [0.2, 0.25) is 0 Å². The highest BCUT2D eigenvalue weighted by molar-refractivity contribution is 5.97. The first-order valence-corrected chi connectivity index (χ1v) is 8.22. The highest BCUT2D eigenvalue weighted by atomic mass is 19.1. The van der Waals surface area contributed by atoms with E-state index in [1.807, 2.05) is 6.07 Å². The van der Waals surface area contributed by atoms with E-state index in [0.717, 1.165) is 16.6 Å². The predicted molar refractivity (Wildman–Crippen MR) is 94.5 cm³/mol. The second-order valence-electron chi connectivity index (χ2n) is 6.34. The number of halogens is 2. The van der Waals surface area contributed by atoms with Crippen molar-refractivity contribution in [2.45, 2.75) is 25.2 Å². The summed E-state index contributed by atoms with van der Waals surface area (Å²) in [6.45, 7) is 1.66. The van der Waals surface area contributed by atoms with Gasteiger partial charge in [-0.2, -0.15) is 0 Å². The number of benzene rings is 1. The van der Waals surface area contributed by atoms with Gasteiger partial charge in [-0.25, -0.2) is 19.2 Å². The number of nitrogens with one attached hydrogen (secondary N) is 4. The van der Waals surface area contributed by atoms with Crippen LogP contribution in [0.25, 0.3) is 22.3 Å². The van der Waals surface area contributed by atoms with Gasteiger partial charge in [0.05, 0.1) is 17.9 Å². The average Bonchev–Trinajstić information content (AvgIpc) is 3.19. The molecular weight excluding hydrogens is 340 g/mol. The molecule has 8 heteroatoms. The number of amides is 1. The van der Waals surface area contributed by atoms with Crippen LogP contribution in [-0.2, 0) is 4.79 Å². The summed E-state index contributed by atoms with van der Waals surface area (Å²) in [4.78, 5) is 19.7. The summed E-state index contributed by atoms with van der Waals surface area (Å²) in [5.74, 6) is -0.770. The zero-order valence-corrected chi connectivity index (χ0v) is 13.9. The minimum Gasteiger partial charge on any atom is -0.339 e. The lowest BCUT2D eigenvalue weighted by Gasteiger charge is -2.13. The number of rotatable bonds is 3. The first-order valence-electron chi connectivity index (χ1n) is 8.22. The van der Waals surface area contributed by atoms with Crippen LogP contribution < -0.4 is 16.2 Å². The Labute approximate surface area is 148 Å². The Morgan fingerprint density at radius 1 is 1.19 bits per heavy atom. The fourth-order valence-corrected chi connectivity index (χ4v) is 2.97. The van der Waals surface area contributed by atoms with Gasteiger partial charge in [-0.3, -0.25) is 10.2 Å². The van der Waals surface area contributed by atoms with Crippen molar-refractivity contribution < 1.29 is 13.6 Å². The molecule has 134 valence electrons. The molecule has 1 aliphatic heterocycles. The molecule has 3 unspecified atom stereocenters. The number of H-pyrrole nitrogens is 1. The molecule has 4 rings (SSSR count). The molecule has 0 aliphatic carbocycles. The minimum absolute atomic E-state index is 0.302. The van der Waals surface area contributed by atoms with Crippen molar-refractivity contribution in [1.82, 2.24) is 20.8 Å². The first-order chi connectivity index (χ1) is 12.5. The van der Waals surface area contributed by atoms with Gasteiger partial charge in [0.1, 0.15) is 23.7 Å². The molecule has 6 nitrogen and oxygen atoms in total. The van der Waals surface area contributed by atoms with Gasteiger partial charge in [0.15, 0.2) is 0 Å². The molecule has 4 N–H and O–H groups in total. The number of pyridine rings is 1. The van der Waals surface area contributed by atoms with E-state index in [1.165, 1.54) is 18.3 Å². The molecule has 0 radical (unpaired) electrons. The largest absolute Gasteiger partial charge is 0.339 e. The highest BCUT2D eigenvalue weighted by Crippen LogP contribution is 2.25. The number of alkyl halides is 1. The molecule has 2 aromatic heterocycles. The second kappa shape index (κ2) is 6.47. The molecule has 1 amide bonds. The summed E-state index contributed by atoms with van der Waals surface area (Å²) in [5, 5.41) is 3.46. The first kappa shape index (κ1) is 16.6. The van der Waals surface area contributed by atoms with E-state index in [-0.39, 0.29) is 5.82 Å². The van der Waals surface area contributed by atoms with Crippen LogP contribution >= 0.6 is 0 Å². The Kier molecular flexibility index (Phi) is 4.14. The molecule has 1 aromatic carbocycles. The van der Waals surface area contributed by atoms with Gasteiger partial charge in [0.2, 0.25) is 5.91 Å². The Morgan fingerprint density at radius 2 is 1.96 bits per heavy atom. The Morgan fingerprint density at radius 3 is 2.65 bits per heavy atom. The number of aromatic nitrogens is 2. The van der Waals surface area contributed by atoms with E-state index < -0.39 is 24.2 Å². The number of hydrazine groups is 1. The lowest BCUT2D eigenvalue weighted by molar-refractivity contribution is -0.118. The Bertz CT molecular complexity index is 956. The number of hydrogen-bond donors (Lipinski definition) is 4. The van der Waals surface area contributed by atoms with Crippen LogP contribution in [0.3, 0.4) is 0 Å². The van der Waals surface area contributed by atoms with Crippen LogP contribution in [0.15, 0.2) is 42.6 Å². The number of hydrogen-bond acceptors (Lipinski definition) is 4. The van der Waals surface area contributed by atoms with Gasteiger partial charge in [0, 0.05) is 11.1 Å². The van der Waals surface area contributed by atoms with Crippen molar-refractivity contribution in [2.24, 2.45) is 0 Å². The average molecular weight is 357 g/mol. The van der Waals surface area contributed by atoms with Crippen molar-refractivity contribution in [3.63, 3.8) is 0 Å². The third-order valence-electron chi connectivity index (χ3n) is 4.44. The third-order valence-corrected chi connectivity index (χ3v) is 4.44. The highest BCUT2D eigenvalue weighted by Gasteiger charge is 2.38. The molecule has 1 saturated heterocycles. The Balaban J connectivity index is 1.56. The summed E-state index contributed by atoms with van der Waals surface area (Å²) in [7, 11) is 0. The maximum atomic E-state index is 14.0. The summed E-state index contributed by atoms with van der Waals surface area (Å²) < 4.78 is 27.0. The number of carbonyl (C=O) groups is 1. The second-order valence-corrected chi connectivity index (χ2v) is 6.34. The fourth-order valence-electron chi connectivity index (χ4n) is 2.97. The van der Waals surface area contributed by atoms with E-state index >= 15 is 0 Å². The number of carbonyl (C=O) groups excluding carboxylic acids is 1. The van der Waals surface area contributed by atoms with Gasteiger partial charge in [-0.1, -0.05) is 0 Å². The summed E-state index contributed by atoms with van der Waals surface area (Å²) in [6.07, 6.45) is 0.188. The van der Waals surface area contributed by atoms with Gasteiger partial charge >= 0.3 is 0 Å². The number of anilines is 1. The maximum Gasteiger partial charge on any atom is 0.245 e. The molecule has 0 bridgehead atoms. The maximum absolute atomic E-state index is 14.0. The quantitative estimate of drug-likeness (QED) is 0.581. The normalized spacial score (nSPS) is 22.7. The molecule has 26 heavy (non-hydrogen) atoms.